The summed E-state index contributed by atoms with van der Waals surface area (Å²) in [6, 6.07) is 0. The minimum atomic E-state index is -3.45. The van der Waals surface area contributed by atoms with Gasteiger partial charge in [0.2, 0.25) is 0 Å². The van der Waals surface area contributed by atoms with Crippen molar-refractivity contribution in [3.63, 3.8) is 0 Å². The van der Waals surface area contributed by atoms with E-state index in [1.165, 1.54) is 0 Å². The van der Waals surface area contributed by atoms with Gasteiger partial charge in [0.05, 0.1) is 33.0 Å². The number of sulfone groups is 1. The maximum Gasteiger partial charge on any atom is 0.178 e. The highest BCUT2D eigenvalue weighted by Crippen LogP contribution is 1.94. The van der Waals surface area contributed by atoms with Crippen LogP contribution in [0, 0.1) is 0 Å². The van der Waals surface area contributed by atoms with E-state index < -0.39 is 15.3 Å². The molecule has 0 aliphatic rings. The molecule has 14 heavy (non-hydrogen) atoms. The third-order valence-electron chi connectivity index (χ3n) is 1.36. The topological polar surface area (TPSA) is 93.1 Å². The van der Waals surface area contributed by atoms with Crippen LogP contribution in [0.5, 0.6) is 0 Å². The Balaban J connectivity index is 3.37. The molecule has 0 spiro atoms. The van der Waals surface area contributed by atoms with Crippen molar-refractivity contribution in [2.24, 2.45) is 0 Å². The summed E-state index contributed by atoms with van der Waals surface area (Å²) >= 11 is 0. The van der Waals surface area contributed by atoms with Crippen molar-refractivity contribution in [1.82, 2.24) is 0 Å². The number of hydrogen-bond donors (Lipinski definition) is 2. The Morgan fingerprint density at radius 1 is 1.21 bits per heavy atom. The van der Waals surface area contributed by atoms with Gasteiger partial charge in [0.25, 0.3) is 0 Å². The molecule has 0 saturated heterocycles. The molecule has 6 nitrogen and oxygen atoms in total. The molecule has 0 aromatic carbocycles. The van der Waals surface area contributed by atoms with Crippen LogP contribution in [-0.4, -0.2) is 63.4 Å². The van der Waals surface area contributed by atoms with Gasteiger partial charge in [0.1, 0.15) is 0 Å². The van der Waals surface area contributed by atoms with E-state index >= 15 is 0 Å². The standard InChI is InChI=1S/C7H16O6S/c1-14(10,11)7(9)6-13-5-4-12-3-2-8/h7-9H,2-6H2,1H3. The lowest BCUT2D eigenvalue weighted by atomic mass is 10.7. The van der Waals surface area contributed by atoms with E-state index in [1.54, 1.807) is 0 Å². The first-order valence-corrected chi connectivity index (χ1v) is 6.07. The summed E-state index contributed by atoms with van der Waals surface area (Å²) in [5.74, 6) is 0. The quantitative estimate of drug-likeness (QED) is 0.485. The fourth-order valence-corrected chi connectivity index (χ4v) is 0.936. The minimum absolute atomic E-state index is 0.0635. The second kappa shape index (κ2) is 7.13. The molecule has 0 aromatic heterocycles. The molecule has 1 unspecified atom stereocenters. The molecule has 0 aliphatic heterocycles. The normalized spacial score (nSPS) is 14.2. The fourth-order valence-electron chi connectivity index (χ4n) is 0.592. The molecule has 2 N–H and O–H groups in total. The summed E-state index contributed by atoms with van der Waals surface area (Å²) in [4.78, 5) is 0. The van der Waals surface area contributed by atoms with Crippen molar-refractivity contribution in [2.75, 3.05) is 39.3 Å². The first-order valence-electron chi connectivity index (χ1n) is 4.11. The molecule has 7 heteroatoms. The second-order valence-corrected chi connectivity index (χ2v) is 4.90. The van der Waals surface area contributed by atoms with Crippen molar-refractivity contribution in [3.05, 3.63) is 0 Å². The van der Waals surface area contributed by atoms with Crippen molar-refractivity contribution in [1.29, 1.82) is 0 Å². The van der Waals surface area contributed by atoms with Crippen LogP contribution in [0.4, 0.5) is 0 Å². The Kier molecular flexibility index (Phi) is 7.02. The van der Waals surface area contributed by atoms with E-state index in [9.17, 15) is 8.42 Å². The van der Waals surface area contributed by atoms with E-state index in [0.29, 0.717) is 0 Å². The SMILES string of the molecule is CS(=O)(=O)C(O)COCCOCCO. The van der Waals surface area contributed by atoms with Crippen LogP contribution in [0.2, 0.25) is 0 Å². The predicted octanol–water partition coefficient (Wildman–Crippen LogP) is -1.63. The molecular weight excluding hydrogens is 212 g/mol. The number of ether oxygens (including phenoxy) is 2. The molecule has 0 radical (unpaired) electrons. The highest BCUT2D eigenvalue weighted by molar-refractivity contribution is 7.91. The largest absolute Gasteiger partial charge is 0.394 e. The molecule has 0 heterocycles. The lowest BCUT2D eigenvalue weighted by molar-refractivity contribution is 0.0152. The number of aliphatic hydroxyl groups is 2. The Bertz CT molecular complexity index is 224. The van der Waals surface area contributed by atoms with Crippen LogP contribution in [0.15, 0.2) is 0 Å². The van der Waals surface area contributed by atoms with E-state index in [4.69, 9.17) is 19.7 Å². The van der Waals surface area contributed by atoms with Crippen LogP contribution < -0.4 is 0 Å². The summed E-state index contributed by atoms with van der Waals surface area (Å²) in [5, 5.41) is 17.3. The molecule has 1 atom stereocenters. The van der Waals surface area contributed by atoms with Gasteiger partial charge >= 0.3 is 0 Å². The van der Waals surface area contributed by atoms with Crippen LogP contribution in [0.25, 0.3) is 0 Å². The first kappa shape index (κ1) is 13.8. The van der Waals surface area contributed by atoms with E-state index in [1.807, 2.05) is 0 Å². The Labute approximate surface area is 83.4 Å². The summed E-state index contributed by atoms with van der Waals surface area (Å²) in [6.07, 6.45) is 0.934. The number of aliphatic hydroxyl groups excluding tert-OH is 2. The summed E-state index contributed by atoms with van der Waals surface area (Å²) in [5.41, 5.74) is -1.49. The molecule has 0 saturated carbocycles. The monoisotopic (exact) mass is 228 g/mol. The Hall–Kier alpha value is -0.210. The number of rotatable bonds is 8. The van der Waals surface area contributed by atoms with E-state index in [0.717, 1.165) is 6.26 Å². The van der Waals surface area contributed by atoms with Gasteiger partial charge in [0.15, 0.2) is 15.3 Å². The molecule has 0 aromatic rings. The second-order valence-electron chi connectivity index (χ2n) is 2.70. The zero-order chi connectivity index (χ0) is 11.0. The zero-order valence-electron chi connectivity index (χ0n) is 8.05. The van der Waals surface area contributed by atoms with Crippen molar-refractivity contribution in [3.8, 4) is 0 Å². The molecule has 0 rings (SSSR count). The third-order valence-corrected chi connectivity index (χ3v) is 2.49. The summed E-state index contributed by atoms with van der Waals surface area (Å²) < 4.78 is 31.1. The fraction of sp³-hybridized carbons (Fsp3) is 1.00. The van der Waals surface area contributed by atoms with Crippen LogP contribution in [0.1, 0.15) is 0 Å². The Morgan fingerprint density at radius 2 is 1.79 bits per heavy atom. The third kappa shape index (κ3) is 7.22. The predicted molar refractivity (Wildman–Crippen MR) is 49.6 cm³/mol. The lowest BCUT2D eigenvalue weighted by Gasteiger charge is -2.09. The molecule has 0 aliphatic carbocycles. The van der Waals surface area contributed by atoms with Gasteiger partial charge in [-0.25, -0.2) is 8.42 Å². The molecule has 0 amide bonds. The van der Waals surface area contributed by atoms with Gasteiger partial charge < -0.3 is 19.7 Å². The van der Waals surface area contributed by atoms with Gasteiger partial charge in [-0.2, -0.15) is 0 Å². The maximum absolute atomic E-state index is 10.7. The van der Waals surface area contributed by atoms with Gasteiger partial charge in [0, 0.05) is 6.26 Å². The van der Waals surface area contributed by atoms with Gasteiger partial charge in [-0.05, 0) is 0 Å². The molecule has 0 fully saturated rings. The van der Waals surface area contributed by atoms with Crippen LogP contribution in [0.3, 0.4) is 0 Å². The zero-order valence-corrected chi connectivity index (χ0v) is 8.87. The Morgan fingerprint density at radius 3 is 2.29 bits per heavy atom. The maximum atomic E-state index is 10.7. The van der Waals surface area contributed by atoms with Gasteiger partial charge in [-0.15, -0.1) is 0 Å². The number of hydrogen-bond acceptors (Lipinski definition) is 6. The summed E-state index contributed by atoms with van der Waals surface area (Å²) in [6.45, 7) is 0.342. The van der Waals surface area contributed by atoms with Crippen molar-refractivity contribution in [2.45, 2.75) is 5.44 Å². The highest BCUT2D eigenvalue weighted by Gasteiger charge is 2.16. The van der Waals surface area contributed by atoms with Crippen molar-refractivity contribution >= 4 is 9.84 Å². The molecular formula is C7H16O6S. The summed E-state index contributed by atoms with van der Waals surface area (Å²) in [7, 11) is -3.45. The molecule has 86 valence electrons. The first-order chi connectivity index (χ1) is 6.48. The van der Waals surface area contributed by atoms with Crippen LogP contribution >= 0.6 is 0 Å². The van der Waals surface area contributed by atoms with Crippen molar-refractivity contribution < 1.29 is 28.1 Å². The van der Waals surface area contributed by atoms with E-state index in [-0.39, 0.29) is 33.0 Å². The lowest BCUT2D eigenvalue weighted by Crippen LogP contribution is -2.25. The minimum Gasteiger partial charge on any atom is -0.394 e. The van der Waals surface area contributed by atoms with Gasteiger partial charge in [-0.1, -0.05) is 0 Å². The average molecular weight is 228 g/mol. The van der Waals surface area contributed by atoms with Gasteiger partial charge in [-0.3, -0.25) is 0 Å². The van der Waals surface area contributed by atoms with E-state index in [2.05, 4.69) is 0 Å². The molecule has 0 bridgehead atoms. The smallest absolute Gasteiger partial charge is 0.178 e. The highest BCUT2D eigenvalue weighted by atomic mass is 32.2. The average Bonchev–Trinajstić information content (AvgIpc) is 2.09. The van der Waals surface area contributed by atoms with Crippen LogP contribution in [-0.2, 0) is 19.3 Å².